The summed E-state index contributed by atoms with van der Waals surface area (Å²) >= 11 is 7.93. The van der Waals surface area contributed by atoms with Gasteiger partial charge in [0.2, 0.25) is 0 Å². The number of nitrogens with one attached hydrogen (secondary N) is 1. The van der Waals surface area contributed by atoms with E-state index in [0.717, 1.165) is 16.2 Å². The van der Waals surface area contributed by atoms with Crippen LogP contribution in [0.5, 0.6) is 0 Å². The Bertz CT molecular complexity index is 560. The predicted molar refractivity (Wildman–Crippen MR) is 75.1 cm³/mol. The minimum absolute atomic E-state index is 0.432. The Morgan fingerprint density at radius 1 is 1.47 bits per heavy atom. The largest absolute Gasteiger partial charge is 0.379 e. The molecule has 0 amide bonds. The summed E-state index contributed by atoms with van der Waals surface area (Å²) in [6.45, 7) is 4.55. The van der Waals surface area contributed by atoms with Crippen molar-refractivity contribution in [1.82, 2.24) is 4.98 Å². The quantitative estimate of drug-likeness (QED) is 0.882. The zero-order valence-electron chi connectivity index (χ0n) is 9.96. The molecule has 1 fully saturated rings. The van der Waals surface area contributed by atoms with Gasteiger partial charge >= 0.3 is 0 Å². The molecule has 0 spiro atoms. The number of thiazole rings is 1. The molecule has 3 rings (SSSR count). The summed E-state index contributed by atoms with van der Waals surface area (Å²) in [5, 5.41) is 4.32. The van der Waals surface area contributed by atoms with Crippen molar-refractivity contribution >= 4 is 38.8 Å². The van der Waals surface area contributed by atoms with Gasteiger partial charge in [-0.1, -0.05) is 18.5 Å². The highest BCUT2D eigenvalue weighted by Crippen LogP contribution is 2.49. The molecule has 90 valence electrons. The van der Waals surface area contributed by atoms with Crippen LogP contribution in [0.25, 0.3) is 10.2 Å². The summed E-state index contributed by atoms with van der Waals surface area (Å²) in [6, 6.07) is 4.42. The lowest BCUT2D eigenvalue weighted by Crippen LogP contribution is -2.25. The number of hydrogen-bond acceptors (Lipinski definition) is 3. The molecule has 17 heavy (non-hydrogen) atoms. The second kappa shape index (κ2) is 3.85. The molecule has 0 saturated heterocycles. The second-order valence-electron chi connectivity index (χ2n) is 5.14. The number of halogens is 1. The molecular weight excluding hydrogens is 252 g/mol. The van der Waals surface area contributed by atoms with Crippen molar-refractivity contribution in [2.75, 3.05) is 5.32 Å². The standard InChI is InChI=1S/C13H15ClN2S/c1-8(13(2)5-6-13)16-11-9(14)3-4-10-12(11)15-7-17-10/h3-4,7-8,16H,5-6H2,1-2H3. The maximum absolute atomic E-state index is 6.28. The van der Waals surface area contributed by atoms with Crippen LogP contribution in [-0.2, 0) is 0 Å². The molecule has 0 aliphatic heterocycles. The fraction of sp³-hybridized carbons (Fsp3) is 0.462. The highest BCUT2D eigenvalue weighted by molar-refractivity contribution is 7.16. The topological polar surface area (TPSA) is 24.9 Å². The van der Waals surface area contributed by atoms with Gasteiger partial charge in [0.1, 0.15) is 5.52 Å². The molecule has 1 aromatic heterocycles. The van der Waals surface area contributed by atoms with E-state index in [1.165, 1.54) is 17.5 Å². The summed E-state index contributed by atoms with van der Waals surface area (Å²) in [6.07, 6.45) is 2.59. The van der Waals surface area contributed by atoms with E-state index >= 15 is 0 Å². The van der Waals surface area contributed by atoms with Crippen LogP contribution in [0.15, 0.2) is 17.6 Å². The average molecular weight is 267 g/mol. The molecule has 1 N–H and O–H groups in total. The molecule has 1 heterocycles. The van der Waals surface area contributed by atoms with E-state index in [2.05, 4.69) is 24.1 Å². The van der Waals surface area contributed by atoms with Crippen molar-refractivity contribution < 1.29 is 0 Å². The third-order valence-corrected chi connectivity index (χ3v) is 5.01. The Balaban J connectivity index is 1.98. The van der Waals surface area contributed by atoms with Crippen LogP contribution in [0, 0.1) is 5.41 Å². The monoisotopic (exact) mass is 266 g/mol. The van der Waals surface area contributed by atoms with Crippen molar-refractivity contribution in [3.63, 3.8) is 0 Å². The first-order chi connectivity index (χ1) is 8.10. The van der Waals surface area contributed by atoms with E-state index in [0.29, 0.717) is 11.5 Å². The summed E-state index contributed by atoms with van der Waals surface area (Å²) in [5.74, 6) is 0. The molecule has 2 nitrogen and oxygen atoms in total. The minimum Gasteiger partial charge on any atom is -0.379 e. The fourth-order valence-corrected chi connectivity index (χ4v) is 2.96. The van der Waals surface area contributed by atoms with Crippen LogP contribution in [-0.4, -0.2) is 11.0 Å². The first-order valence-electron chi connectivity index (χ1n) is 5.88. The second-order valence-corrected chi connectivity index (χ2v) is 6.44. The maximum atomic E-state index is 6.28. The van der Waals surface area contributed by atoms with E-state index in [1.54, 1.807) is 11.3 Å². The molecule has 1 saturated carbocycles. The third kappa shape index (κ3) is 1.91. The van der Waals surface area contributed by atoms with Gasteiger partial charge in [-0.3, -0.25) is 0 Å². The average Bonchev–Trinajstić information content (AvgIpc) is 2.90. The number of anilines is 1. The van der Waals surface area contributed by atoms with Crippen molar-refractivity contribution in [1.29, 1.82) is 0 Å². The summed E-state index contributed by atoms with van der Waals surface area (Å²) in [5.41, 5.74) is 4.29. The van der Waals surface area contributed by atoms with Crippen molar-refractivity contribution in [2.24, 2.45) is 5.41 Å². The van der Waals surface area contributed by atoms with Gasteiger partial charge in [0.15, 0.2) is 0 Å². The first kappa shape index (κ1) is 11.3. The highest BCUT2D eigenvalue weighted by atomic mass is 35.5. The van der Waals surface area contributed by atoms with Crippen LogP contribution < -0.4 is 5.32 Å². The zero-order valence-corrected chi connectivity index (χ0v) is 11.5. The Hall–Kier alpha value is -0.800. The maximum Gasteiger partial charge on any atom is 0.106 e. The Labute approximate surface area is 110 Å². The molecule has 1 aliphatic rings. The van der Waals surface area contributed by atoms with Gasteiger partial charge in [0.05, 0.1) is 20.9 Å². The smallest absolute Gasteiger partial charge is 0.106 e. The summed E-state index contributed by atoms with van der Waals surface area (Å²) in [7, 11) is 0. The zero-order chi connectivity index (χ0) is 12.0. The first-order valence-corrected chi connectivity index (χ1v) is 7.14. The molecule has 0 bridgehead atoms. The summed E-state index contributed by atoms with van der Waals surface area (Å²) in [4.78, 5) is 4.41. The Morgan fingerprint density at radius 3 is 2.94 bits per heavy atom. The number of aromatic nitrogens is 1. The number of benzene rings is 1. The minimum atomic E-state index is 0.432. The lowest BCUT2D eigenvalue weighted by Gasteiger charge is -2.22. The van der Waals surface area contributed by atoms with E-state index in [4.69, 9.17) is 11.6 Å². The lowest BCUT2D eigenvalue weighted by molar-refractivity contribution is 0.494. The van der Waals surface area contributed by atoms with Gasteiger partial charge < -0.3 is 5.32 Å². The van der Waals surface area contributed by atoms with Crippen LogP contribution in [0.2, 0.25) is 5.02 Å². The number of nitrogens with zero attached hydrogens (tertiary/aromatic N) is 1. The number of fused-ring (bicyclic) bond motifs is 1. The predicted octanol–water partition coefficient (Wildman–Crippen LogP) is 4.55. The van der Waals surface area contributed by atoms with Gasteiger partial charge in [0.25, 0.3) is 0 Å². The van der Waals surface area contributed by atoms with Crippen molar-refractivity contribution in [3.05, 3.63) is 22.7 Å². The van der Waals surface area contributed by atoms with Crippen molar-refractivity contribution in [2.45, 2.75) is 32.7 Å². The molecule has 0 radical (unpaired) electrons. The van der Waals surface area contributed by atoms with Crippen LogP contribution in [0.3, 0.4) is 0 Å². The molecule has 1 atom stereocenters. The SMILES string of the molecule is CC(Nc1c(Cl)ccc2scnc12)C1(C)CC1. The molecule has 1 aliphatic carbocycles. The van der Waals surface area contributed by atoms with E-state index in [1.807, 2.05) is 17.6 Å². The normalized spacial score (nSPS) is 19.2. The molecule has 1 unspecified atom stereocenters. The van der Waals surface area contributed by atoms with Crippen molar-refractivity contribution in [3.8, 4) is 0 Å². The summed E-state index contributed by atoms with van der Waals surface area (Å²) < 4.78 is 1.19. The van der Waals surface area contributed by atoms with Gasteiger partial charge in [-0.25, -0.2) is 4.98 Å². The molecule has 4 heteroatoms. The Morgan fingerprint density at radius 2 is 2.24 bits per heavy atom. The number of hydrogen-bond donors (Lipinski definition) is 1. The van der Waals surface area contributed by atoms with Crippen LogP contribution in [0.4, 0.5) is 5.69 Å². The van der Waals surface area contributed by atoms with Crippen LogP contribution in [0.1, 0.15) is 26.7 Å². The van der Waals surface area contributed by atoms with Gasteiger partial charge in [-0.15, -0.1) is 11.3 Å². The highest BCUT2D eigenvalue weighted by Gasteiger charge is 2.42. The van der Waals surface area contributed by atoms with E-state index < -0.39 is 0 Å². The van der Waals surface area contributed by atoms with Gasteiger partial charge in [0, 0.05) is 6.04 Å². The van der Waals surface area contributed by atoms with E-state index in [-0.39, 0.29) is 0 Å². The fourth-order valence-electron chi connectivity index (χ4n) is 2.06. The molecular formula is C13H15ClN2S. The molecule has 2 aromatic rings. The number of rotatable bonds is 3. The van der Waals surface area contributed by atoms with Gasteiger partial charge in [-0.2, -0.15) is 0 Å². The van der Waals surface area contributed by atoms with Gasteiger partial charge in [-0.05, 0) is 37.3 Å². The third-order valence-electron chi connectivity index (χ3n) is 3.90. The lowest BCUT2D eigenvalue weighted by atomic mass is 10.0. The molecule has 1 aromatic carbocycles. The van der Waals surface area contributed by atoms with E-state index in [9.17, 15) is 0 Å². The van der Waals surface area contributed by atoms with Crippen LogP contribution >= 0.6 is 22.9 Å². The Kier molecular flexibility index (Phi) is 2.56.